The molecular formula is C16H24N2O2. The molecule has 4 nitrogen and oxygen atoms in total. The third-order valence-electron chi connectivity index (χ3n) is 4.68. The Hall–Kier alpha value is -1.26. The molecule has 1 aromatic carbocycles. The lowest BCUT2D eigenvalue weighted by Gasteiger charge is -2.43. The topological polar surface area (TPSA) is 47.7 Å². The highest BCUT2D eigenvalue weighted by atomic mass is 16.5. The predicted molar refractivity (Wildman–Crippen MR) is 79.3 cm³/mol. The van der Waals surface area contributed by atoms with Gasteiger partial charge in [0.05, 0.1) is 14.2 Å². The second-order valence-electron chi connectivity index (χ2n) is 6.15. The number of hydrogen-bond donors (Lipinski definition) is 1. The number of fused-ring (bicyclic) bond motifs is 1. The predicted octanol–water partition coefficient (Wildman–Crippen LogP) is 1.94. The van der Waals surface area contributed by atoms with E-state index < -0.39 is 0 Å². The van der Waals surface area contributed by atoms with Crippen molar-refractivity contribution >= 4 is 0 Å². The highest BCUT2D eigenvalue weighted by Gasteiger charge is 2.35. The number of ether oxygens (including phenoxy) is 2. The van der Waals surface area contributed by atoms with Crippen molar-refractivity contribution < 1.29 is 9.47 Å². The van der Waals surface area contributed by atoms with E-state index in [-0.39, 0.29) is 5.54 Å². The van der Waals surface area contributed by atoms with Crippen molar-refractivity contribution in [2.24, 2.45) is 5.73 Å². The molecule has 1 saturated carbocycles. The van der Waals surface area contributed by atoms with Gasteiger partial charge >= 0.3 is 0 Å². The van der Waals surface area contributed by atoms with Crippen molar-refractivity contribution in [1.29, 1.82) is 0 Å². The van der Waals surface area contributed by atoms with Gasteiger partial charge in [0.15, 0.2) is 11.5 Å². The molecule has 0 atom stereocenters. The minimum Gasteiger partial charge on any atom is -0.493 e. The number of hydrogen-bond acceptors (Lipinski definition) is 4. The first-order valence-electron chi connectivity index (χ1n) is 7.38. The van der Waals surface area contributed by atoms with E-state index in [2.05, 4.69) is 17.0 Å². The highest BCUT2D eigenvalue weighted by Crippen LogP contribution is 2.35. The van der Waals surface area contributed by atoms with Crippen LogP contribution in [0.4, 0.5) is 0 Å². The van der Waals surface area contributed by atoms with Crippen molar-refractivity contribution in [3.8, 4) is 11.5 Å². The summed E-state index contributed by atoms with van der Waals surface area (Å²) in [5.41, 5.74) is 9.15. The molecule has 0 spiro atoms. The average Bonchev–Trinajstić information content (AvgIpc) is 2.44. The lowest BCUT2D eigenvalue weighted by molar-refractivity contribution is 0.134. The van der Waals surface area contributed by atoms with Crippen LogP contribution in [0.15, 0.2) is 12.1 Å². The zero-order valence-corrected chi connectivity index (χ0v) is 12.4. The molecule has 3 rings (SSSR count). The van der Waals surface area contributed by atoms with Crippen molar-refractivity contribution in [3.63, 3.8) is 0 Å². The summed E-state index contributed by atoms with van der Waals surface area (Å²) in [6.07, 6.45) is 4.68. The molecule has 20 heavy (non-hydrogen) atoms. The summed E-state index contributed by atoms with van der Waals surface area (Å²) in [4.78, 5) is 2.48. The number of benzene rings is 1. The van der Waals surface area contributed by atoms with Crippen LogP contribution in [0.5, 0.6) is 11.5 Å². The fourth-order valence-electron chi connectivity index (χ4n) is 3.31. The van der Waals surface area contributed by atoms with E-state index in [0.29, 0.717) is 0 Å². The molecule has 0 aromatic heterocycles. The SMILES string of the molecule is COc1cc2c(cc1OC)CN(CC1(N)CCC1)CC2. The molecule has 0 amide bonds. The smallest absolute Gasteiger partial charge is 0.161 e. The molecule has 1 fully saturated rings. The van der Waals surface area contributed by atoms with Gasteiger partial charge in [0.1, 0.15) is 0 Å². The van der Waals surface area contributed by atoms with Gasteiger partial charge in [-0.2, -0.15) is 0 Å². The van der Waals surface area contributed by atoms with Crippen molar-refractivity contribution in [1.82, 2.24) is 4.90 Å². The minimum absolute atomic E-state index is 0.0636. The molecular weight excluding hydrogens is 252 g/mol. The Kier molecular flexibility index (Phi) is 3.61. The van der Waals surface area contributed by atoms with Crippen molar-refractivity contribution in [2.75, 3.05) is 27.3 Å². The molecule has 0 saturated heterocycles. The summed E-state index contributed by atoms with van der Waals surface area (Å²) in [6, 6.07) is 4.23. The third-order valence-corrected chi connectivity index (χ3v) is 4.68. The molecule has 0 radical (unpaired) electrons. The van der Waals surface area contributed by atoms with E-state index >= 15 is 0 Å². The maximum absolute atomic E-state index is 6.37. The third kappa shape index (κ3) is 2.50. The summed E-state index contributed by atoms with van der Waals surface area (Å²) in [5.74, 6) is 1.65. The normalized spacial score (nSPS) is 20.9. The van der Waals surface area contributed by atoms with Gasteiger partial charge in [-0.3, -0.25) is 4.90 Å². The van der Waals surface area contributed by atoms with Gasteiger partial charge in [-0.25, -0.2) is 0 Å². The van der Waals surface area contributed by atoms with Crippen LogP contribution in [0.3, 0.4) is 0 Å². The molecule has 0 unspecified atom stereocenters. The summed E-state index contributed by atoms with van der Waals surface area (Å²) < 4.78 is 10.8. The van der Waals surface area contributed by atoms with Gasteiger partial charge in [0.25, 0.3) is 0 Å². The van der Waals surface area contributed by atoms with Crippen LogP contribution in [0, 0.1) is 0 Å². The van der Waals surface area contributed by atoms with Crippen LogP contribution in [-0.2, 0) is 13.0 Å². The Morgan fingerprint density at radius 3 is 2.35 bits per heavy atom. The molecule has 2 aliphatic rings. The van der Waals surface area contributed by atoms with Crippen LogP contribution in [0.2, 0.25) is 0 Å². The molecule has 4 heteroatoms. The van der Waals surface area contributed by atoms with E-state index in [1.54, 1.807) is 14.2 Å². The number of nitrogens with two attached hydrogens (primary N) is 1. The fraction of sp³-hybridized carbons (Fsp3) is 0.625. The highest BCUT2D eigenvalue weighted by molar-refractivity contribution is 5.48. The molecule has 110 valence electrons. The van der Waals surface area contributed by atoms with E-state index in [1.807, 2.05) is 0 Å². The molecule has 1 aliphatic carbocycles. The van der Waals surface area contributed by atoms with E-state index in [4.69, 9.17) is 15.2 Å². The van der Waals surface area contributed by atoms with Crippen LogP contribution in [0.25, 0.3) is 0 Å². The maximum Gasteiger partial charge on any atom is 0.161 e. The zero-order chi connectivity index (χ0) is 14.2. The standard InChI is InChI=1S/C16H24N2O2/c1-19-14-8-12-4-7-18(11-16(17)5-3-6-16)10-13(12)9-15(14)20-2/h8-9H,3-7,10-11,17H2,1-2H3. The second-order valence-corrected chi connectivity index (χ2v) is 6.15. The second kappa shape index (κ2) is 5.26. The first kappa shape index (κ1) is 13.7. The molecule has 1 heterocycles. The summed E-state index contributed by atoms with van der Waals surface area (Å²) in [5, 5.41) is 0. The van der Waals surface area contributed by atoms with Crippen molar-refractivity contribution in [2.45, 2.75) is 37.8 Å². The quantitative estimate of drug-likeness (QED) is 0.913. The largest absolute Gasteiger partial charge is 0.493 e. The van der Waals surface area contributed by atoms with Gasteiger partial charge in [0, 0.05) is 25.2 Å². The van der Waals surface area contributed by atoms with Gasteiger partial charge < -0.3 is 15.2 Å². The van der Waals surface area contributed by atoms with Gasteiger partial charge in [-0.05, 0) is 48.9 Å². The van der Waals surface area contributed by atoms with Crippen LogP contribution >= 0.6 is 0 Å². The molecule has 1 aromatic rings. The average molecular weight is 276 g/mol. The lowest BCUT2D eigenvalue weighted by Crippen LogP contribution is -2.55. The molecule has 1 aliphatic heterocycles. The molecule has 2 N–H and O–H groups in total. The van der Waals surface area contributed by atoms with Crippen LogP contribution < -0.4 is 15.2 Å². The Morgan fingerprint density at radius 1 is 1.15 bits per heavy atom. The number of rotatable bonds is 4. The van der Waals surface area contributed by atoms with Gasteiger partial charge in [0.2, 0.25) is 0 Å². The summed E-state index contributed by atoms with van der Waals surface area (Å²) in [7, 11) is 3.38. The monoisotopic (exact) mass is 276 g/mol. The molecule has 0 bridgehead atoms. The lowest BCUT2D eigenvalue weighted by atomic mass is 9.77. The van der Waals surface area contributed by atoms with Gasteiger partial charge in [-0.15, -0.1) is 0 Å². The zero-order valence-electron chi connectivity index (χ0n) is 12.4. The number of methoxy groups -OCH3 is 2. The Morgan fingerprint density at radius 2 is 1.80 bits per heavy atom. The summed E-state index contributed by atoms with van der Waals surface area (Å²) >= 11 is 0. The van der Waals surface area contributed by atoms with Crippen LogP contribution in [0.1, 0.15) is 30.4 Å². The first-order chi connectivity index (χ1) is 9.63. The maximum atomic E-state index is 6.37. The first-order valence-corrected chi connectivity index (χ1v) is 7.38. The van der Waals surface area contributed by atoms with Crippen molar-refractivity contribution in [3.05, 3.63) is 23.3 Å². The van der Waals surface area contributed by atoms with E-state index in [9.17, 15) is 0 Å². The number of nitrogens with zero attached hydrogens (tertiary/aromatic N) is 1. The summed E-state index contributed by atoms with van der Waals surface area (Å²) in [6.45, 7) is 3.07. The Labute approximate surface area is 120 Å². The Balaban J connectivity index is 1.76. The van der Waals surface area contributed by atoms with Gasteiger partial charge in [-0.1, -0.05) is 0 Å². The van der Waals surface area contributed by atoms with Crippen LogP contribution in [-0.4, -0.2) is 37.7 Å². The van der Waals surface area contributed by atoms with E-state index in [0.717, 1.165) is 37.6 Å². The van der Waals surface area contributed by atoms with E-state index in [1.165, 1.54) is 30.4 Å². The Bertz CT molecular complexity index is 497. The minimum atomic E-state index is 0.0636. The fourth-order valence-corrected chi connectivity index (χ4v) is 3.31.